The summed E-state index contributed by atoms with van der Waals surface area (Å²) in [4.78, 5) is 0. The van der Waals surface area contributed by atoms with Gasteiger partial charge in [-0.1, -0.05) is 0 Å². The van der Waals surface area contributed by atoms with Gasteiger partial charge in [-0.05, 0) is 73.0 Å². The molecule has 0 aromatic heterocycles. The third kappa shape index (κ3) is 1.46. The summed E-state index contributed by atoms with van der Waals surface area (Å²) in [6, 6.07) is 0. The van der Waals surface area contributed by atoms with Crippen LogP contribution in [0.4, 0.5) is 0 Å². The number of aliphatic hydroxyl groups is 2. The van der Waals surface area contributed by atoms with Crippen molar-refractivity contribution in [3.8, 4) is 0 Å². The van der Waals surface area contributed by atoms with E-state index in [0.29, 0.717) is 25.0 Å². The zero-order valence-corrected chi connectivity index (χ0v) is 9.76. The van der Waals surface area contributed by atoms with Crippen LogP contribution in [0.2, 0.25) is 0 Å². The molecule has 0 unspecified atom stereocenters. The summed E-state index contributed by atoms with van der Waals surface area (Å²) in [5.74, 6) is 7.12. The lowest BCUT2D eigenvalue weighted by atomic mass is 10.1. The van der Waals surface area contributed by atoms with Crippen molar-refractivity contribution in [1.82, 2.24) is 0 Å². The molecule has 4 rings (SSSR count). The van der Waals surface area contributed by atoms with Crippen LogP contribution in [-0.2, 0) is 0 Å². The average Bonchev–Trinajstić information content (AvgIpc) is 3.20. The highest BCUT2D eigenvalue weighted by Gasteiger charge is 2.63. The van der Waals surface area contributed by atoms with Gasteiger partial charge in [-0.2, -0.15) is 0 Å². The van der Waals surface area contributed by atoms with Gasteiger partial charge in [0.2, 0.25) is 0 Å². The summed E-state index contributed by atoms with van der Waals surface area (Å²) < 4.78 is 0. The third-order valence-corrected chi connectivity index (χ3v) is 5.86. The molecule has 0 saturated heterocycles. The van der Waals surface area contributed by atoms with Crippen molar-refractivity contribution in [1.29, 1.82) is 0 Å². The van der Waals surface area contributed by atoms with Crippen LogP contribution >= 0.6 is 0 Å². The first-order chi connectivity index (χ1) is 7.83. The van der Waals surface area contributed by atoms with Crippen molar-refractivity contribution in [3.05, 3.63) is 0 Å². The van der Waals surface area contributed by atoms with Gasteiger partial charge in [-0.15, -0.1) is 0 Å². The summed E-state index contributed by atoms with van der Waals surface area (Å²) >= 11 is 0. The van der Waals surface area contributed by atoms with Gasteiger partial charge in [0.05, 0.1) is 0 Å². The molecule has 0 radical (unpaired) electrons. The van der Waals surface area contributed by atoms with Crippen LogP contribution in [0.15, 0.2) is 0 Å². The van der Waals surface area contributed by atoms with E-state index in [2.05, 4.69) is 0 Å². The molecule has 2 nitrogen and oxygen atoms in total. The maximum Gasteiger partial charge on any atom is 0.0462 e. The van der Waals surface area contributed by atoms with E-state index < -0.39 is 0 Å². The Morgan fingerprint density at radius 2 is 0.938 bits per heavy atom. The van der Waals surface area contributed by atoms with E-state index in [-0.39, 0.29) is 0 Å². The molecule has 4 fully saturated rings. The summed E-state index contributed by atoms with van der Waals surface area (Å²) in [5.41, 5.74) is 0. The lowest BCUT2D eigenvalue weighted by Gasteiger charge is -1.98. The van der Waals surface area contributed by atoms with Gasteiger partial charge in [0, 0.05) is 13.2 Å². The van der Waals surface area contributed by atoms with Crippen LogP contribution in [-0.4, -0.2) is 23.4 Å². The van der Waals surface area contributed by atoms with Crippen molar-refractivity contribution in [2.75, 3.05) is 13.2 Å². The van der Waals surface area contributed by atoms with E-state index in [4.69, 9.17) is 10.2 Å². The SMILES string of the molecule is OC[C@@H]1C[C@H]1[C@@H]1C[C@H]1[C@@H]1C[C@H]1[C@@H]1C[C@H]1CO. The fourth-order valence-corrected chi connectivity index (χ4v) is 4.45. The van der Waals surface area contributed by atoms with Crippen molar-refractivity contribution >= 4 is 0 Å². The van der Waals surface area contributed by atoms with Gasteiger partial charge >= 0.3 is 0 Å². The monoisotopic (exact) mass is 222 g/mol. The number of aliphatic hydroxyl groups excluding tert-OH is 2. The normalized spacial score (nSPS) is 61.9. The smallest absolute Gasteiger partial charge is 0.0462 e. The van der Waals surface area contributed by atoms with E-state index in [0.717, 1.165) is 35.5 Å². The highest BCUT2D eigenvalue weighted by atomic mass is 16.3. The molecule has 16 heavy (non-hydrogen) atoms. The molecule has 4 aliphatic carbocycles. The largest absolute Gasteiger partial charge is 0.396 e. The van der Waals surface area contributed by atoms with Crippen LogP contribution in [0.5, 0.6) is 0 Å². The van der Waals surface area contributed by atoms with Crippen LogP contribution in [0.3, 0.4) is 0 Å². The summed E-state index contributed by atoms with van der Waals surface area (Å²) in [7, 11) is 0. The van der Waals surface area contributed by atoms with Crippen molar-refractivity contribution < 1.29 is 10.2 Å². The number of hydrogen-bond acceptors (Lipinski definition) is 2. The average molecular weight is 222 g/mol. The Labute approximate surface area is 97.0 Å². The molecule has 0 spiro atoms. The zero-order chi connectivity index (χ0) is 10.9. The first kappa shape index (κ1) is 9.90. The van der Waals surface area contributed by atoms with Crippen LogP contribution < -0.4 is 0 Å². The predicted octanol–water partition coefficient (Wildman–Crippen LogP) is 1.52. The number of hydrogen-bond donors (Lipinski definition) is 2. The second-order valence-corrected chi connectivity index (χ2v) is 6.81. The van der Waals surface area contributed by atoms with Crippen molar-refractivity contribution in [2.24, 2.45) is 47.3 Å². The van der Waals surface area contributed by atoms with Gasteiger partial charge in [-0.3, -0.25) is 0 Å². The summed E-state index contributed by atoms with van der Waals surface area (Å²) in [5, 5.41) is 18.2. The lowest BCUT2D eigenvalue weighted by Crippen LogP contribution is -1.97. The Hall–Kier alpha value is -0.0800. The zero-order valence-electron chi connectivity index (χ0n) is 9.76. The Kier molecular flexibility index (Phi) is 2.00. The first-order valence-electron chi connectivity index (χ1n) is 7.05. The van der Waals surface area contributed by atoms with Crippen LogP contribution in [0.25, 0.3) is 0 Å². The Balaban J connectivity index is 1.26. The molecule has 90 valence electrons. The third-order valence-electron chi connectivity index (χ3n) is 5.86. The Morgan fingerprint density at radius 1 is 0.562 bits per heavy atom. The molecule has 4 aliphatic rings. The molecular weight excluding hydrogens is 200 g/mol. The molecule has 0 amide bonds. The Bertz CT molecular complexity index is 273. The van der Waals surface area contributed by atoms with Crippen molar-refractivity contribution in [2.45, 2.75) is 25.7 Å². The van der Waals surface area contributed by atoms with Gasteiger partial charge in [0.25, 0.3) is 0 Å². The minimum atomic E-state index is 0.428. The second-order valence-electron chi connectivity index (χ2n) is 6.81. The highest BCUT2D eigenvalue weighted by Crippen LogP contribution is 2.69. The Morgan fingerprint density at radius 3 is 1.25 bits per heavy atom. The van der Waals surface area contributed by atoms with Gasteiger partial charge in [0.1, 0.15) is 0 Å². The fraction of sp³-hybridized carbons (Fsp3) is 1.00. The molecule has 8 atom stereocenters. The molecular formula is C14H22O2. The number of rotatable bonds is 5. The first-order valence-corrected chi connectivity index (χ1v) is 7.05. The molecule has 0 heterocycles. The predicted molar refractivity (Wildman–Crippen MR) is 60.6 cm³/mol. The van der Waals surface area contributed by atoms with Crippen molar-refractivity contribution in [3.63, 3.8) is 0 Å². The maximum atomic E-state index is 9.08. The van der Waals surface area contributed by atoms with Gasteiger partial charge in [0.15, 0.2) is 0 Å². The van der Waals surface area contributed by atoms with E-state index in [1.807, 2.05) is 0 Å². The van der Waals surface area contributed by atoms with Gasteiger partial charge < -0.3 is 10.2 Å². The molecule has 4 saturated carbocycles. The quantitative estimate of drug-likeness (QED) is 0.740. The highest BCUT2D eigenvalue weighted by molar-refractivity contribution is 5.12. The van der Waals surface area contributed by atoms with E-state index in [1.54, 1.807) is 0 Å². The van der Waals surface area contributed by atoms with E-state index >= 15 is 0 Å². The van der Waals surface area contributed by atoms with Crippen LogP contribution in [0.1, 0.15) is 25.7 Å². The van der Waals surface area contributed by atoms with E-state index in [1.165, 1.54) is 25.7 Å². The minimum Gasteiger partial charge on any atom is -0.396 e. The molecule has 2 heteroatoms. The summed E-state index contributed by atoms with van der Waals surface area (Å²) in [6.07, 6.45) is 5.52. The molecule has 0 bridgehead atoms. The molecule has 0 aromatic carbocycles. The van der Waals surface area contributed by atoms with Crippen LogP contribution in [0, 0.1) is 47.3 Å². The summed E-state index contributed by atoms with van der Waals surface area (Å²) in [6.45, 7) is 0.856. The second kappa shape index (κ2) is 3.23. The van der Waals surface area contributed by atoms with Gasteiger partial charge in [-0.25, -0.2) is 0 Å². The molecule has 0 aromatic rings. The maximum absolute atomic E-state index is 9.08. The standard InChI is InChI=1S/C14H22O2/c15-5-7-1-9(7)11-3-13(11)14-4-12(14)10-2-8(10)6-16/h7-16H,1-6H2/t7-,8-,9+,10+,11-,12-,13+,14+/m0/s1. The minimum absolute atomic E-state index is 0.428. The molecule has 2 N–H and O–H groups in total. The molecule has 0 aliphatic heterocycles. The fourth-order valence-electron chi connectivity index (χ4n) is 4.45. The van der Waals surface area contributed by atoms with E-state index in [9.17, 15) is 0 Å². The lowest BCUT2D eigenvalue weighted by molar-refractivity contribution is 0.262. The topological polar surface area (TPSA) is 40.5 Å².